The summed E-state index contributed by atoms with van der Waals surface area (Å²) in [6, 6.07) is 7.01. The normalized spacial score (nSPS) is 17.1. The van der Waals surface area contributed by atoms with Crippen molar-refractivity contribution in [2.45, 2.75) is 52.0 Å². The van der Waals surface area contributed by atoms with Crippen molar-refractivity contribution >= 4 is 47.8 Å². The second-order valence-electron chi connectivity index (χ2n) is 7.77. The summed E-state index contributed by atoms with van der Waals surface area (Å²) in [5, 5.41) is 11.6. The van der Waals surface area contributed by atoms with Crippen molar-refractivity contribution < 1.29 is 27.4 Å². The van der Waals surface area contributed by atoms with Gasteiger partial charge in [0.05, 0.1) is 23.7 Å². The molecule has 1 heterocycles. The topological polar surface area (TPSA) is 74.6 Å². The van der Waals surface area contributed by atoms with Crippen LogP contribution in [0, 0.1) is 16.7 Å². The number of ether oxygens (including phenoxy) is 2. The van der Waals surface area contributed by atoms with Gasteiger partial charge in [-0.05, 0) is 45.9 Å². The number of anilines is 2. The Morgan fingerprint density at radius 3 is 2.62 bits per heavy atom. The SMILES string of the molecule is CC(C)(C#N)CC1CN(SI)c2cc(NC(=O)OC(C)(C)C(F)(F)F)ccc2O1. The van der Waals surface area contributed by atoms with Crippen molar-refractivity contribution in [2.24, 2.45) is 5.41 Å². The summed E-state index contributed by atoms with van der Waals surface area (Å²) in [5.74, 6) is 0.564. The van der Waals surface area contributed by atoms with Gasteiger partial charge in [-0.25, -0.2) is 4.79 Å². The minimum atomic E-state index is -4.69. The highest BCUT2D eigenvalue weighted by atomic mass is 127. The lowest BCUT2D eigenvalue weighted by Crippen LogP contribution is -2.44. The van der Waals surface area contributed by atoms with Gasteiger partial charge in [-0.15, -0.1) is 0 Å². The van der Waals surface area contributed by atoms with E-state index in [1.165, 1.54) is 15.2 Å². The number of hydrogen-bond donors (Lipinski definition) is 1. The molecule has 0 aliphatic carbocycles. The molecule has 0 bridgehead atoms. The quantitative estimate of drug-likeness (QED) is 0.359. The number of fused-ring (bicyclic) bond motifs is 1. The second-order valence-corrected chi connectivity index (χ2v) is 9.54. The molecule has 160 valence electrons. The molecule has 0 radical (unpaired) electrons. The molecule has 0 saturated carbocycles. The number of nitrogens with zero attached hydrogens (tertiary/aromatic N) is 2. The van der Waals surface area contributed by atoms with E-state index in [0.29, 0.717) is 24.4 Å². The summed E-state index contributed by atoms with van der Waals surface area (Å²) in [5.41, 5.74) is -2.20. The molecule has 1 atom stereocenters. The van der Waals surface area contributed by atoms with E-state index in [1.807, 2.05) is 18.2 Å². The van der Waals surface area contributed by atoms with Crippen LogP contribution in [-0.4, -0.2) is 30.5 Å². The summed E-state index contributed by atoms with van der Waals surface area (Å²) < 4.78 is 51.1. The van der Waals surface area contributed by atoms with E-state index in [-0.39, 0.29) is 11.8 Å². The van der Waals surface area contributed by atoms with Crippen molar-refractivity contribution in [1.82, 2.24) is 0 Å². The van der Waals surface area contributed by atoms with Crippen molar-refractivity contribution in [3.63, 3.8) is 0 Å². The molecule has 1 amide bonds. The summed E-state index contributed by atoms with van der Waals surface area (Å²) in [4.78, 5) is 11.9. The zero-order valence-electron chi connectivity index (χ0n) is 16.3. The van der Waals surface area contributed by atoms with Crippen LogP contribution in [0.25, 0.3) is 0 Å². The molecule has 1 aromatic carbocycles. The molecule has 2 rings (SSSR count). The Morgan fingerprint density at radius 1 is 1.41 bits per heavy atom. The molecule has 29 heavy (non-hydrogen) atoms. The second kappa shape index (κ2) is 8.67. The first-order valence-corrected chi connectivity index (χ1v) is 11.9. The minimum absolute atomic E-state index is 0.198. The lowest BCUT2D eigenvalue weighted by atomic mass is 9.88. The maximum Gasteiger partial charge on any atom is 0.427 e. The summed E-state index contributed by atoms with van der Waals surface area (Å²) >= 11 is 2.11. The van der Waals surface area contributed by atoms with Gasteiger partial charge in [-0.1, -0.05) is 0 Å². The fourth-order valence-electron chi connectivity index (χ4n) is 2.61. The maximum absolute atomic E-state index is 12.9. The van der Waals surface area contributed by atoms with E-state index in [9.17, 15) is 23.2 Å². The van der Waals surface area contributed by atoms with Crippen LogP contribution in [0.5, 0.6) is 5.75 Å². The maximum atomic E-state index is 12.9. The molecule has 1 aliphatic rings. The molecule has 0 fully saturated rings. The summed E-state index contributed by atoms with van der Waals surface area (Å²) in [6.07, 6.45) is -5.55. The Balaban J connectivity index is 2.15. The van der Waals surface area contributed by atoms with Crippen LogP contribution >= 0.6 is 30.3 Å². The number of alkyl halides is 3. The Morgan fingerprint density at radius 2 is 2.07 bits per heavy atom. The smallest absolute Gasteiger partial charge is 0.427 e. The number of carbonyl (C=O) groups is 1. The molecule has 1 aromatic rings. The molecule has 1 N–H and O–H groups in total. The third kappa shape index (κ3) is 5.97. The largest absolute Gasteiger partial charge is 0.486 e. The highest BCUT2D eigenvalue weighted by molar-refractivity contribution is 14.2. The van der Waals surface area contributed by atoms with Gasteiger partial charge in [-0.3, -0.25) is 5.32 Å². The number of amides is 1. The van der Waals surface area contributed by atoms with Crippen molar-refractivity contribution in [2.75, 3.05) is 16.2 Å². The van der Waals surface area contributed by atoms with Crippen LogP contribution in [-0.2, 0) is 4.74 Å². The molecular weight excluding hydrogens is 522 g/mol. The molecule has 11 heteroatoms. The van der Waals surface area contributed by atoms with E-state index in [4.69, 9.17) is 4.74 Å². The number of halogens is 4. The average molecular weight is 543 g/mol. The molecule has 1 aliphatic heterocycles. The molecular formula is C18H21F3IN3O3S. The Bertz CT molecular complexity index is 812. The van der Waals surface area contributed by atoms with Crippen LogP contribution in [0.3, 0.4) is 0 Å². The Labute approximate surface area is 183 Å². The van der Waals surface area contributed by atoms with Crippen LogP contribution in [0.15, 0.2) is 18.2 Å². The number of hydrogen-bond acceptors (Lipinski definition) is 6. The first kappa shape index (κ1) is 23.7. The molecule has 1 unspecified atom stereocenters. The zero-order chi connectivity index (χ0) is 22.0. The van der Waals surface area contributed by atoms with Crippen LogP contribution in [0.1, 0.15) is 34.1 Å². The molecule has 6 nitrogen and oxygen atoms in total. The van der Waals surface area contributed by atoms with Gasteiger partial charge >= 0.3 is 12.3 Å². The van der Waals surface area contributed by atoms with E-state index >= 15 is 0 Å². The van der Waals surface area contributed by atoms with E-state index in [2.05, 4.69) is 37.3 Å². The van der Waals surface area contributed by atoms with E-state index < -0.39 is 23.3 Å². The number of nitriles is 1. The lowest BCUT2D eigenvalue weighted by molar-refractivity contribution is -0.242. The number of carbonyl (C=O) groups excluding carboxylic acids is 1. The first-order chi connectivity index (χ1) is 13.3. The fraction of sp³-hybridized carbons (Fsp3) is 0.556. The van der Waals surface area contributed by atoms with Crippen molar-refractivity contribution in [3.8, 4) is 11.8 Å². The van der Waals surface area contributed by atoms with Crippen LogP contribution < -0.4 is 14.4 Å². The van der Waals surface area contributed by atoms with Crippen LogP contribution in [0.2, 0.25) is 0 Å². The van der Waals surface area contributed by atoms with E-state index in [0.717, 1.165) is 13.8 Å². The van der Waals surface area contributed by atoms with Crippen LogP contribution in [0.4, 0.5) is 29.3 Å². The van der Waals surface area contributed by atoms with Gasteiger partial charge in [0.15, 0.2) is 0 Å². The standard InChI is InChI=1S/C18H21F3IN3O3S/c1-16(2,10-23)8-12-9-25(29-22)13-7-11(5-6-14(13)27-12)24-15(26)28-17(3,4)18(19,20)21/h5-7,12H,8-9H2,1-4H3,(H,24,26). The number of rotatable bonds is 5. The first-order valence-electron chi connectivity index (χ1n) is 8.63. The zero-order valence-corrected chi connectivity index (χ0v) is 19.2. The average Bonchev–Trinajstić information content (AvgIpc) is 2.59. The summed E-state index contributed by atoms with van der Waals surface area (Å²) in [7, 11) is 1.41. The monoisotopic (exact) mass is 543 g/mol. The van der Waals surface area contributed by atoms with Crippen molar-refractivity contribution in [1.29, 1.82) is 5.26 Å². The highest BCUT2D eigenvalue weighted by Gasteiger charge is 2.51. The van der Waals surface area contributed by atoms with Crippen molar-refractivity contribution in [3.05, 3.63) is 18.2 Å². The number of benzene rings is 1. The van der Waals surface area contributed by atoms with Gasteiger partial charge in [0.2, 0.25) is 5.60 Å². The predicted molar refractivity (Wildman–Crippen MR) is 114 cm³/mol. The lowest BCUT2D eigenvalue weighted by Gasteiger charge is -2.36. The van der Waals surface area contributed by atoms with Gasteiger partial charge in [0.25, 0.3) is 0 Å². The third-order valence-corrected chi connectivity index (χ3v) is 6.23. The minimum Gasteiger partial charge on any atom is -0.486 e. The molecule has 0 saturated heterocycles. The van der Waals surface area contributed by atoms with Gasteiger partial charge in [-0.2, -0.15) is 18.4 Å². The fourth-order valence-corrected chi connectivity index (χ4v) is 4.17. The summed E-state index contributed by atoms with van der Waals surface area (Å²) in [6.45, 7) is 5.76. The molecule has 0 aromatic heterocycles. The highest BCUT2D eigenvalue weighted by Crippen LogP contribution is 2.42. The van der Waals surface area contributed by atoms with Gasteiger partial charge < -0.3 is 13.8 Å². The third-order valence-electron chi connectivity index (χ3n) is 4.29. The van der Waals surface area contributed by atoms with Gasteiger partial charge in [0.1, 0.15) is 11.9 Å². The van der Waals surface area contributed by atoms with Gasteiger partial charge in [0, 0.05) is 42.4 Å². The molecule has 0 spiro atoms. The predicted octanol–water partition coefficient (Wildman–Crippen LogP) is 6.08. The van der Waals surface area contributed by atoms with E-state index in [1.54, 1.807) is 12.1 Å². The number of nitrogens with one attached hydrogen (secondary N) is 1. The Hall–Kier alpha value is -1.55. The Kier molecular flexibility index (Phi) is 7.09.